The average Bonchev–Trinajstić information content (AvgIpc) is 3.47. The van der Waals surface area contributed by atoms with Crippen LogP contribution in [0.25, 0.3) is 16.9 Å². The normalized spacial score (nSPS) is 23.4. The SMILES string of the molecule is O=C1OC(=C2[C@@](O)(c3ccccc3)C(c3ccccc3)=C(c3ccccc3)[C@@]2(O)c2ccccc2)c2ccccc21. The molecule has 1 aliphatic heterocycles. The van der Waals surface area contributed by atoms with E-state index in [1.165, 1.54) is 0 Å². The molecule has 5 aromatic rings. The van der Waals surface area contributed by atoms with Crippen LogP contribution >= 0.6 is 0 Å². The molecule has 0 unspecified atom stereocenters. The van der Waals surface area contributed by atoms with E-state index in [9.17, 15) is 15.0 Å². The molecule has 1 aliphatic carbocycles. The molecule has 4 nitrogen and oxygen atoms in total. The van der Waals surface area contributed by atoms with Gasteiger partial charge < -0.3 is 14.9 Å². The van der Waals surface area contributed by atoms with Crippen LogP contribution in [-0.4, -0.2) is 16.2 Å². The Balaban J connectivity index is 1.72. The Bertz CT molecular complexity index is 1730. The number of hydrogen-bond acceptors (Lipinski definition) is 4. The van der Waals surface area contributed by atoms with Crippen LogP contribution in [-0.2, 0) is 15.9 Å². The predicted molar refractivity (Wildman–Crippen MR) is 159 cm³/mol. The highest BCUT2D eigenvalue weighted by molar-refractivity contribution is 6.11. The molecule has 5 aromatic carbocycles. The number of ether oxygens (including phenoxy) is 1. The Labute approximate surface area is 238 Å². The molecule has 0 bridgehead atoms. The van der Waals surface area contributed by atoms with Crippen molar-refractivity contribution in [3.05, 3.63) is 185 Å². The van der Waals surface area contributed by atoms with Crippen molar-refractivity contribution in [1.82, 2.24) is 0 Å². The molecule has 0 aromatic heterocycles. The van der Waals surface area contributed by atoms with Crippen molar-refractivity contribution in [2.45, 2.75) is 11.2 Å². The van der Waals surface area contributed by atoms with Gasteiger partial charge in [0.2, 0.25) is 0 Å². The maximum atomic E-state index is 13.4. The summed E-state index contributed by atoms with van der Waals surface area (Å²) in [5.41, 5.74) is 0.919. The summed E-state index contributed by atoms with van der Waals surface area (Å²) in [5.74, 6) is -0.369. The minimum absolute atomic E-state index is 0.155. The average molecular weight is 535 g/mol. The highest BCUT2D eigenvalue weighted by atomic mass is 16.5. The number of aliphatic hydroxyl groups is 2. The molecule has 1 heterocycles. The molecule has 7 rings (SSSR count). The third-order valence-electron chi connectivity index (χ3n) is 8.02. The van der Waals surface area contributed by atoms with Crippen LogP contribution in [0, 0.1) is 0 Å². The van der Waals surface area contributed by atoms with Crippen LogP contribution in [0.4, 0.5) is 0 Å². The third kappa shape index (κ3) is 3.66. The van der Waals surface area contributed by atoms with Gasteiger partial charge in [-0.1, -0.05) is 140 Å². The van der Waals surface area contributed by atoms with Gasteiger partial charge in [-0.05, 0) is 28.3 Å². The molecule has 0 amide bonds. The number of carbonyl (C=O) groups is 1. The van der Waals surface area contributed by atoms with E-state index in [0.29, 0.717) is 33.4 Å². The third-order valence-corrected chi connectivity index (χ3v) is 8.02. The Morgan fingerprint density at radius 2 is 0.829 bits per heavy atom. The van der Waals surface area contributed by atoms with E-state index >= 15 is 0 Å². The molecular formula is C37H26O4. The van der Waals surface area contributed by atoms with Crippen molar-refractivity contribution in [3.63, 3.8) is 0 Å². The van der Waals surface area contributed by atoms with Crippen molar-refractivity contribution in [2.75, 3.05) is 0 Å². The van der Waals surface area contributed by atoms with Gasteiger partial charge in [0.25, 0.3) is 0 Å². The van der Waals surface area contributed by atoms with Crippen LogP contribution in [0.1, 0.15) is 38.2 Å². The van der Waals surface area contributed by atoms with Crippen LogP contribution in [0.3, 0.4) is 0 Å². The summed E-state index contributed by atoms with van der Waals surface area (Å²) in [4.78, 5) is 13.2. The van der Waals surface area contributed by atoms with Crippen LogP contribution in [0.2, 0.25) is 0 Å². The van der Waals surface area contributed by atoms with E-state index in [1.807, 2.05) is 127 Å². The van der Waals surface area contributed by atoms with Crippen LogP contribution in [0.5, 0.6) is 0 Å². The highest BCUT2D eigenvalue weighted by Crippen LogP contribution is 2.65. The zero-order chi connectivity index (χ0) is 28.0. The van der Waals surface area contributed by atoms with E-state index < -0.39 is 17.2 Å². The minimum atomic E-state index is -1.88. The lowest BCUT2D eigenvalue weighted by Gasteiger charge is -2.35. The first-order valence-corrected chi connectivity index (χ1v) is 13.5. The number of cyclic esters (lactones) is 1. The quantitative estimate of drug-likeness (QED) is 0.245. The maximum Gasteiger partial charge on any atom is 0.344 e. The van der Waals surface area contributed by atoms with Gasteiger partial charge in [-0.25, -0.2) is 4.79 Å². The van der Waals surface area contributed by atoms with Gasteiger partial charge in [-0.3, -0.25) is 0 Å². The van der Waals surface area contributed by atoms with Crippen molar-refractivity contribution < 1.29 is 19.7 Å². The van der Waals surface area contributed by atoms with E-state index in [-0.39, 0.29) is 11.3 Å². The summed E-state index contributed by atoms with van der Waals surface area (Å²) in [6.07, 6.45) is 0. The lowest BCUT2D eigenvalue weighted by Crippen LogP contribution is -2.37. The first kappa shape index (κ1) is 25.0. The summed E-state index contributed by atoms with van der Waals surface area (Å²) >= 11 is 0. The Morgan fingerprint density at radius 1 is 0.463 bits per heavy atom. The van der Waals surface area contributed by atoms with Gasteiger partial charge in [0.1, 0.15) is 17.0 Å². The fourth-order valence-corrected chi connectivity index (χ4v) is 6.30. The summed E-state index contributed by atoms with van der Waals surface area (Å²) in [7, 11) is 0. The fourth-order valence-electron chi connectivity index (χ4n) is 6.30. The number of rotatable bonds is 4. The van der Waals surface area contributed by atoms with Gasteiger partial charge in [-0.2, -0.15) is 0 Å². The first-order chi connectivity index (χ1) is 20.0. The molecule has 41 heavy (non-hydrogen) atoms. The predicted octanol–water partition coefficient (Wildman–Crippen LogP) is 6.97. The summed E-state index contributed by atoms with van der Waals surface area (Å²) in [5, 5.41) is 26.7. The maximum absolute atomic E-state index is 13.4. The number of benzene rings is 5. The molecule has 198 valence electrons. The van der Waals surface area contributed by atoms with Crippen molar-refractivity contribution >= 4 is 22.9 Å². The zero-order valence-corrected chi connectivity index (χ0v) is 22.1. The van der Waals surface area contributed by atoms with Gasteiger partial charge >= 0.3 is 5.97 Å². The lowest BCUT2D eigenvalue weighted by atomic mass is 9.74. The van der Waals surface area contributed by atoms with Crippen molar-refractivity contribution in [3.8, 4) is 0 Å². The molecule has 0 saturated heterocycles. The fraction of sp³-hybridized carbons (Fsp3) is 0.0541. The molecule has 0 radical (unpaired) electrons. The second-order valence-electron chi connectivity index (χ2n) is 10.3. The molecule has 2 atom stereocenters. The topological polar surface area (TPSA) is 66.8 Å². The van der Waals surface area contributed by atoms with Gasteiger partial charge in [0.15, 0.2) is 0 Å². The van der Waals surface area contributed by atoms with Crippen LogP contribution in [0.15, 0.2) is 151 Å². The summed E-state index contributed by atoms with van der Waals surface area (Å²) < 4.78 is 6.01. The highest BCUT2D eigenvalue weighted by Gasteiger charge is 2.62. The zero-order valence-electron chi connectivity index (χ0n) is 22.1. The van der Waals surface area contributed by atoms with E-state index in [1.54, 1.807) is 18.2 Å². The smallest absolute Gasteiger partial charge is 0.344 e. The Morgan fingerprint density at radius 3 is 1.27 bits per heavy atom. The second kappa shape index (κ2) is 9.56. The van der Waals surface area contributed by atoms with Gasteiger partial charge in [0.05, 0.1) is 11.1 Å². The van der Waals surface area contributed by atoms with Crippen molar-refractivity contribution in [1.29, 1.82) is 0 Å². The molecule has 4 heteroatoms. The molecule has 2 aliphatic rings. The van der Waals surface area contributed by atoms with E-state index in [0.717, 1.165) is 11.1 Å². The number of fused-ring (bicyclic) bond motifs is 1. The molecular weight excluding hydrogens is 508 g/mol. The lowest BCUT2D eigenvalue weighted by molar-refractivity contribution is 0.0640. The van der Waals surface area contributed by atoms with Gasteiger partial charge in [0, 0.05) is 16.7 Å². The van der Waals surface area contributed by atoms with Gasteiger partial charge in [-0.15, -0.1) is 0 Å². The number of hydrogen-bond donors (Lipinski definition) is 2. The largest absolute Gasteiger partial charge is 0.422 e. The van der Waals surface area contributed by atoms with Crippen LogP contribution < -0.4 is 0 Å². The molecule has 0 spiro atoms. The minimum Gasteiger partial charge on any atom is -0.422 e. The Hall–Kier alpha value is -5.03. The molecule has 2 N–H and O–H groups in total. The van der Waals surface area contributed by atoms with Crippen molar-refractivity contribution in [2.24, 2.45) is 0 Å². The molecule has 0 saturated carbocycles. The van der Waals surface area contributed by atoms with E-state index in [4.69, 9.17) is 4.74 Å². The molecule has 0 fully saturated rings. The first-order valence-electron chi connectivity index (χ1n) is 13.5. The second-order valence-corrected chi connectivity index (χ2v) is 10.3. The standard InChI is InChI=1S/C37H26O4/c38-35-30-24-14-13-23-29(30)33(41-35)34-36(39,27-19-9-3-10-20-27)31(25-15-5-1-6-16-25)32(26-17-7-2-8-18-26)37(34,40)28-21-11-4-12-22-28/h1-24,39-40H/t36-,37+. The Kier molecular flexibility index (Phi) is 5.82. The number of esters is 1. The van der Waals surface area contributed by atoms with E-state index in [2.05, 4.69) is 0 Å². The summed E-state index contributed by atoms with van der Waals surface area (Å²) in [6.45, 7) is 0. The number of carbonyl (C=O) groups excluding carboxylic acids is 1. The summed E-state index contributed by atoms with van der Waals surface area (Å²) in [6, 6.07) is 44.8. The monoisotopic (exact) mass is 534 g/mol.